The van der Waals surface area contributed by atoms with E-state index in [4.69, 9.17) is 0 Å². The smallest absolute Gasteiger partial charge is 0.240 e. The first-order valence-electron chi connectivity index (χ1n) is 6.31. The summed E-state index contributed by atoms with van der Waals surface area (Å²) < 4.78 is 26.8. The molecule has 7 heteroatoms. The summed E-state index contributed by atoms with van der Waals surface area (Å²) in [6.07, 6.45) is 1.72. The van der Waals surface area contributed by atoms with E-state index in [1.54, 1.807) is 24.4 Å². The summed E-state index contributed by atoms with van der Waals surface area (Å²) in [4.78, 5) is 4.55. The van der Waals surface area contributed by atoms with Gasteiger partial charge >= 0.3 is 0 Å². The molecule has 0 aliphatic rings. The van der Waals surface area contributed by atoms with Crippen molar-refractivity contribution in [2.24, 2.45) is 0 Å². The van der Waals surface area contributed by atoms with Gasteiger partial charge in [0, 0.05) is 17.2 Å². The van der Waals surface area contributed by atoms with E-state index >= 15 is 0 Å². The number of aromatic nitrogens is 1. The van der Waals surface area contributed by atoms with Crippen molar-refractivity contribution in [3.05, 3.63) is 52.1 Å². The molecule has 21 heavy (non-hydrogen) atoms. The van der Waals surface area contributed by atoms with Gasteiger partial charge in [0.15, 0.2) is 0 Å². The van der Waals surface area contributed by atoms with Crippen LogP contribution in [-0.2, 0) is 16.6 Å². The van der Waals surface area contributed by atoms with Gasteiger partial charge in [-0.25, -0.2) is 18.1 Å². The predicted octanol–water partition coefficient (Wildman–Crippen LogP) is 2.67. The van der Waals surface area contributed by atoms with Crippen LogP contribution in [0.3, 0.4) is 0 Å². The Hall–Kier alpha value is -1.44. The number of aryl methyl sites for hydroxylation is 1. The van der Waals surface area contributed by atoms with Crippen LogP contribution in [0.4, 0.5) is 5.82 Å². The van der Waals surface area contributed by atoms with E-state index < -0.39 is 10.0 Å². The number of halogens is 1. The molecule has 0 aliphatic carbocycles. The Morgan fingerprint density at radius 1 is 1.29 bits per heavy atom. The van der Waals surface area contributed by atoms with Crippen LogP contribution in [0.5, 0.6) is 0 Å². The summed E-state index contributed by atoms with van der Waals surface area (Å²) >= 11 is 3.37. The fraction of sp³-hybridized carbons (Fsp3) is 0.214. The molecule has 0 bridgehead atoms. The van der Waals surface area contributed by atoms with Crippen molar-refractivity contribution in [3.8, 4) is 0 Å². The van der Waals surface area contributed by atoms with Crippen LogP contribution in [0.1, 0.15) is 11.1 Å². The second-order valence-corrected chi connectivity index (χ2v) is 7.33. The third-order valence-corrected chi connectivity index (χ3v) is 4.83. The lowest BCUT2D eigenvalue weighted by Gasteiger charge is -2.10. The number of hydrogen-bond donors (Lipinski definition) is 2. The zero-order chi connectivity index (χ0) is 15.5. The molecule has 2 aromatic rings. The summed E-state index contributed by atoms with van der Waals surface area (Å²) in [7, 11) is -2.02. The minimum atomic E-state index is -3.42. The van der Waals surface area contributed by atoms with Gasteiger partial charge in [0.05, 0.1) is 4.90 Å². The molecule has 0 radical (unpaired) electrons. The lowest BCUT2D eigenvalue weighted by molar-refractivity contribution is 0.588. The molecule has 2 rings (SSSR count). The molecule has 0 saturated heterocycles. The molecule has 0 amide bonds. The fourth-order valence-electron chi connectivity index (χ4n) is 1.85. The predicted molar refractivity (Wildman–Crippen MR) is 86.7 cm³/mol. The van der Waals surface area contributed by atoms with Gasteiger partial charge in [0.2, 0.25) is 10.0 Å². The number of nitrogens with one attached hydrogen (secondary N) is 2. The number of nitrogens with zero attached hydrogens (tertiary/aromatic N) is 1. The van der Waals surface area contributed by atoms with Gasteiger partial charge in [0.1, 0.15) is 5.82 Å². The SMILES string of the molecule is CNS(=O)(=O)c1cccc(CNc2ncc(Br)cc2C)c1. The second kappa shape index (κ2) is 6.55. The highest BCUT2D eigenvalue weighted by Gasteiger charge is 2.11. The minimum absolute atomic E-state index is 0.254. The van der Waals surface area contributed by atoms with E-state index in [9.17, 15) is 8.42 Å². The van der Waals surface area contributed by atoms with Crippen LogP contribution in [0.2, 0.25) is 0 Å². The number of sulfonamides is 1. The average Bonchev–Trinajstić information content (AvgIpc) is 2.46. The molecule has 2 N–H and O–H groups in total. The van der Waals surface area contributed by atoms with E-state index in [2.05, 4.69) is 31.0 Å². The van der Waals surface area contributed by atoms with Crippen molar-refractivity contribution >= 4 is 31.8 Å². The quantitative estimate of drug-likeness (QED) is 0.849. The molecule has 5 nitrogen and oxygen atoms in total. The Labute approximate surface area is 133 Å². The van der Waals surface area contributed by atoms with E-state index in [-0.39, 0.29) is 4.90 Å². The van der Waals surface area contributed by atoms with E-state index in [0.717, 1.165) is 21.4 Å². The van der Waals surface area contributed by atoms with E-state index in [1.807, 2.05) is 19.1 Å². The van der Waals surface area contributed by atoms with Crippen LogP contribution in [0.25, 0.3) is 0 Å². The largest absolute Gasteiger partial charge is 0.366 e. The first-order valence-corrected chi connectivity index (χ1v) is 8.58. The van der Waals surface area contributed by atoms with Gasteiger partial charge in [-0.3, -0.25) is 0 Å². The van der Waals surface area contributed by atoms with Crippen molar-refractivity contribution in [3.63, 3.8) is 0 Å². The summed E-state index contributed by atoms with van der Waals surface area (Å²) in [5, 5.41) is 3.21. The van der Waals surface area contributed by atoms with Gasteiger partial charge in [-0.2, -0.15) is 0 Å². The summed E-state index contributed by atoms with van der Waals surface area (Å²) in [5.41, 5.74) is 1.89. The Kier molecular flexibility index (Phi) is 4.97. The van der Waals surface area contributed by atoms with Crippen molar-refractivity contribution < 1.29 is 8.42 Å². The molecule has 1 aromatic heterocycles. The lowest BCUT2D eigenvalue weighted by atomic mass is 10.2. The highest BCUT2D eigenvalue weighted by molar-refractivity contribution is 9.10. The van der Waals surface area contributed by atoms with Gasteiger partial charge in [-0.15, -0.1) is 0 Å². The molecule has 112 valence electrons. The maximum atomic E-state index is 11.8. The second-order valence-electron chi connectivity index (χ2n) is 4.53. The first-order chi connectivity index (χ1) is 9.92. The minimum Gasteiger partial charge on any atom is -0.366 e. The van der Waals surface area contributed by atoms with Gasteiger partial charge < -0.3 is 5.32 Å². The molecular formula is C14H16BrN3O2S. The normalized spacial score (nSPS) is 11.4. The van der Waals surface area contributed by atoms with Crippen molar-refractivity contribution in [1.29, 1.82) is 0 Å². The van der Waals surface area contributed by atoms with Crippen molar-refractivity contribution in [1.82, 2.24) is 9.71 Å². The molecule has 1 heterocycles. The summed E-state index contributed by atoms with van der Waals surface area (Å²) in [6.45, 7) is 2.46. The molecule has 0 atom stereocenters. The van der Waals surface area contributed by atoms with E-state index in [0.29, 0.717) is 6.54 Å². The molecule has 0 aliphatic heterocycles. The molecule has 1 aromatic carbocycles. The third kappa shape index (κ3) is 4.03. The number of anilines is 1. The third-order valence-electron chi connectivity index (χ3n) is 2.98. The molecule has 0 spiro atoms. The summed E-state index contributed by atoms with van der Waals surface area (Å²) in [5.74, 6) is 0.778. The molecule has 0 unspecified atom stereocenters. The van der Waals surface area contributed by atoms with Crippen molar-refractivity contribution in [2.45, 2.75) is 18.4 Å². The van der Waals surface area contributed by atoms with Gasteiger partial charge in [-0.05, 0) is 59.2 Å². The first kappa shape index (κ1) is 15.9. The van der Waals surface area contributed by atoms with Crippen LogP contribution in [0, 0.1) is 6.92 Å². The van der Waals surface area contributed by atoms with Crippen LogP contribution >= 0.6 is 15.9 Å². The lowest BCUT2D eigenvalue weighted by Crippen LogP contribution is -2.18. The maximum absolute atomic E-state index is 11.8. The van der Waals surface area contributed by atoms with Crippen LogP contribution in [0.15, 0.2) is 45.9 Å². The number of hydrogen-bond acceptors (Lipinski definition) is 4. The Morgan fingerprint density at radius 3 is 2.71 bits per heavy atom. The van der Waals surface area contributed by atoms with E-state index in [1.165, 1.54) is 7.05 Å². The number of rotatable bonds is 5. The monoisotopic (exact) mass is 369 g/mol. The van der Waals surface area contributed by atoms with Gasteiger partial charge in [0.25, 0.3) is 0 Å². The average molecular weight is 370 g/mol. The Bertz CT molecular complexity index is 748. The topological polar surface area (TPSA) is 71.1 Å². The highest BCUT2D eigenvalue weighted by atomic mass is 79.9. The Balaban J connectivity index is 2.16. The number of pyridine rings is 1. The van der Waals surface area contributed by atoms with Crippen LogP contribution < -0.4 is 10.0 Å². The van der Waals surface area contributed by atoms with Crippen molar-refractivity contribution in [2.75, 3.05) is 12.4 Å². The molecule has 0 saturated carbocycles. The fourth-order valence-corrected chi connectivity index (χ4v) is 3.10. The van der Waals surface area contributed by atoms with Crippen LogP contribution in [-0.4, -0.2) is 20.4 Å². The maximum Gasteiger partial charge on any atom is 0.240 e. The molecule has 0 fully saturated rings. The molecular weight excluding hydrogens is 354 g/mol. The van der Waals surface area contributed by atoms with Gasteiger partial charge in [-0.1, -0.05) is 12.1 Å². The Morgan fingerprint density at radius 2 is 2.05 bits per heavy atom. The highest BCUT2D eigenvalue weighted by Crippen LogP contribution is 2.18. The zero-order valence-electron chi connectivity index (χ0n) is 11.7. The zero-order valence-corrected chi connectivity index (χ0v) is 14.1. The summed E-state index contributed by atoms with van der Waals surface area (Å²) in [6, 6.07) is 8.78. The number of benzene rings is 1. The standard InChI is InChI=1S/C14H16BrN3O2S/c1-10-6-12(15)9-18-14(10)17-8-11-4-3-5-13(7-11)21(19,20)16-2/h3-7,9,16H,8H2,1-2H3,(H,17,18).